The Morgan fingerprint density at radius 1 is 1.14 bits per heavy atom. The molecule has 1 aromatic carbocycles. The number of benzene rings is 1. The minimum atomic E-state index is -0.470. The van der Waals surface area contributed by atoms with Gasteiger partial charge in [0, 0.05) is 40.7 Å². The van der Waals surface area contributed by atoms with Gasteiger partial charge in [0.05, 0.1) is 42.5 Å². The van der Waals surface area contributed by atoms with Crippen LogP contribution in [0.15, 0.2) is 61.3 Å². The molecule has 5 heterocycles. The van der Waals surface area contributed by atoms with Gasteiger partial charge >= 0.3 is 0 Å². The molecular weight excluding hydrogens is 491 g/mol. The Hall–Kier alpha value is -4.95. The number of H-pyrrole nitrogens is 1. The van der Waals surface area contributed by atoms with Gasteiger partial charge in [0.25, 0.3) is 5.91 Å². The molecule has 9 nitrogen and oxygen atoms in total. The zero-order chi connectivity index (χ0) is 25.5. The molecule has 0 saturated heterocycles. The minimum Gasteiger partial charge on any atom is -0.346 e. The van der Waals surface area contributed by atoms with E-state index in [2.05, 4.69) is 30.4 Å². The van der Waals surface area contributed by atoms with Gasteiger partial charge in [-0.1, -0.05) is 12.1 Å². The maximum Gasteiger partial charge on any atom is 0.251 e. The predicted molar refractivity (Wildman–Crippen MR) is 137 cm³/mol. The quantitative estimate of drug-likeness (QED) is 0.351. The van der Waals surface area contributed by atoms with Crippen LogP contribution in [0.25, 0.3) is 44.3 Å². The van der Waals surface area contributed by atoms with Crippen molar-refractivity contribution in [3.63, 3.8) is 0 Å². The highest BCUT2D eigenvalue weighted by atomic mass is 32.1. The number of pyridine rings is 2. The summed E-state index contributed by atoms with van der Waals surface area (Å²) >= 11 is 1.23. The summed E-state index contributed by atoms with van der Waals surface area (Å²) in [7, 11) is 1.83. The molecule has 5 aromatic heterocycles. The van der Waals surface area contributed by atoms with Crippen molar-refractivity contribution in [1.29, 1.82) is 5.26 Å². The third-order valence-electron chi connectivity index (χ3n) is 5.96. The van der Waals surface area contributed by atoms with E-state index < -0.39 is 5.82 Å². The summed E-state index contributed by atoms with van der Waals surface area (Å²) in [6, 6.07) is 10.6. The number of carbonyl (C=O) groups excluding carboxylic acids is 1. The van der Waals surface area contributed by atoms with Crippen LogP contribution in [0.3, 0.4) is 0 Å². The summed E-state index contributed by atoms with van der Waals surface area (Å²) in [5.41, 5.74) is 4.26. The number of hydrogen-bond donors (Lipinski definition) is 2. The molecule has 0 fully saturated rings. The first-order valence-corrected chi connectivity index (χ1v) is 12.0. The van der Waals surface area contributed by atoms with Crippen molar-refractivity contribution in [2.45, 2.75) is 6.54 Å². The SMILES string of the molecule is Cn1cc(-c2cc3c(cn2)[nH]c2ncc(F)c(-c4ccc(C(=O)NCc5ncc(C#N)s5)cc4)c23)cn1. The van der Waals surface area contributed by atoms with E-state index >= 15 is 4.39 Å². The Morgan fingerprint density at radius 3 is 2.70 bits per heavy atom. The number of rotatable bonds is 5. The molecule has 37 heavy (non-hydrogen) atoms. The molecule has 6 aromatic rings. The Labute approximate surface area is 213 Å². The molecule has 180 valence electrons. The monoisotopic (exact) mass is 508 g/mol. The summed E-state index contributed by atoms with van der Waals surface area (Å²) in [6.45, 7) is 0.217. The third-order valence-corrected chi connectivity index (χ3v) is 6.86. The number of aromatic amines is 1. The molecule has 0 aliphatic carbocycles. The van der Waals surface area contributed by atoms with E-state index in [1.165, 1.54) is 23.7 Å². The molecule has 11 heteroatoms. The van der Waals surface area contributed by atoms with Crippen LogP contribution in [0.2, 0.25) is 0 Å². The number of carbonyl (C=O) groups is 1. The second-order valence-electron chi connectivity index (χ2n) is 8.34. The van der Waals surface area contributed by atoms with Crippen molar-refractivity contribution >= 4 is 39.2 Å². The molecule has 0 radical (unpaired) electrons. The normalized spacial score (nSPS) is 11.2. The van der Waals surface area contributed by atoms with Gasteiger partial charge in [-0.15, -0.1) is 11.3 Å². The zero-order valence-electron chi connectivity index (χ0n) is 19.4. The number of nitriles is 1. The molecule has 0 bridgehead atoms. The Morgan fingerprint density at radius 2 is 1.97 bits per heavy atom. The van der Waals surface area contributed by atoms with Crippen LogP contribution in [0.5, 0.6) is 0 Å². The van der Waals surface area contributed by atoms with Crippen molar-refractivity contribution in [1.82, 2.24) is 35.0 Å². The Kier molecular flexibility index (Phi) is 5.43. The van der Waals surface area contributed by atoms with Gasteiger partial charge in [-0.25, -0.2) is 14.4 Å². The van der Waals surface area contributed by atoms with Gasteiger partial charge in [0.15, 0.2) is 0 Å². The minimum absolute atomic E-state index is 0.217. The first-order chi connectivity index (χ1) is 18.0. The predicted octanol–water partition coefficient (Wildman–Crippen LogP) is 4.58. The fraction of sp³-hybridized carbons (Fsp3) is 0.0769. The number of nitrogens with zero attached hydrogens (tertiary/aromatic N) is 6. The Balaban J connectivity index is 1.35. The number of aromatic nitrogens is 6. The van der Waals surface area contributed by atoms with Crippen LogP contribution in [-0.4, -0.2) is 35.6 Å². The van der Waals surface area contributed by atoms with E-state index in [0.29, 0.717) is 43.3 Å². The fourth-order valence-electron chi connectivity index (χ4n) is 4.22. The van der Waals surface area contributed by atoms with Crippen LogP contribution in [0.4, 0.5) is 4.39 Å². The number of aryl methyl sites for hydroxylation is 1. The molecule has 6 rings (SSSR count). The van der Waals surface area contributed by atoms with Gasteiger partial charge in [0.1, 0.15) is 27.4 Å². The molecule has 0 atom stereocenters. The summed E-state index contributed by atoms with van der Waals surface area (Å²) in [4.78, 5) is 29.2. The second-order valence-corrected chi connectivity index (χ2v) is 9.45. The Bertz CT molecular complexity index is 1840. The van der Waals surface area contributed by atoms with Gasteiger partial charge in [0.2, 0.25) is 0 Å². The summed E-state index contributed by atoms with van der Waals surface area (Å²) in [5.74, 6) is -0.762. The lowest BCUT2D eigenvalue weighted by molar-refractivity contribution is 0.0951. The van der Waals surface area contributed by atoms with Crippen LogP contribution >= 0.6 is 11.3 Å². The summed E-state index contributed by atoms with van der Waals surface area (Å²) < 4.78 is 16.9. The van der Waals surface area contributed by atoms with Crippen LogP contribution in [-0.2, 0) is 13.6 Å². The molecule has 0 aliphatic heterocycles. The van der Waals surface area contributed by atoms with Gasteiger partial charge in [-0.2, -0.15) is 10.4 Å². The average Bonchev–Trinajstić information content (AvgIpc) is 3.65. The maximum absolute atomic E-state index is 15.2. The molecule has 0 aliphatic rings. The van der Waals surface area contributed by atoms with Crippen molar-refractivity contribution in [2.24, 2.45) is 7.05 Å². The van der Waals surface area contributed by atoms with Gasteiger partial charge < -0.3 is 10.3 Å². The average molecular weight is 509 g/mol. The molecule has 0 spiro atoms. The van der Waals surface area contributed by atoms with Crippen molar-refractivity contribution < 1.29 is 9.18 Å². The number of fused-ring (bicyclic) bond motifs is 3. The molecule has 0 saturated carbocycles. The van der Waals surface area contributed by atoms with Crippen molar-refractivity contribution in [3.8, 4) is 28.5 Å². The second kappa shape index (κ2) is 8.92. The summed E-state index contributed by atoms with van der Waals surface area (Å²) in [5, 5.41) is 18.0. The van der Waals surface area contributed by atoms with E-state index in [0.717, 1.165) is 16.5 Å². The van der Waals surface area contributed by atoms with E-state index in [4.69, 9.17) is 5.26 Å². The maximum atomic E-state index is 15.2. The number of hydrogen-bond acceptors (Lipinski definition) is 7. The summed E-state index contributed by atoms with van der Waals surface area (Å²) in [6.07, 6.45) is 7.96. The van der Waals surface area contributed by atoms with E-state index in [-0.39, 0.29) is 12.5 Å². The van der Waals surface area contributed by atoms with Crippen molar-refractivity contribution in [2.75, 3.05) is 0 Å². The molecule has 1 amide bonds. The van der Waals surface area contributed by atoms with Crippen molar-refractivity contribution in [3.05, 3.63) is 82.6 Å². The topological polar surface area (TPSA) is 125 Å². The molecular formula is C26H17FN8OS. The first kappa shape index (κ1) is 22.5. The smallest absolute Gasteiger partial charge is 0.251 e. The van der Waals surface area contributed by atoms with Gasteiger partial charge in [-0.05, 0) is 23.8 Å². The number of thiazole rings is 1. The van der Waals surface area contributed by atoms with E-state index in [1.54, 1.807) is 41.3 Å². The zero-order valence-corrected chi connectivity index (χ0v) is 20.2. The lowest BCUT2D eigenvalue weighted by Crippen LogP contribution is -2.22. The van der Waals surface area contributed by atoms with Crippen LogP contribution in [0.1, 0.15) is 20.2 Å². The third kappa shape index (κ3) is 4.09. The highest BCUT2D eigenvalue weighted by molar-refractivity contribution is 7.12. The van der Waals surface area contributed by atoms with E-state index in [9.17, 15) is 4.79 Å². The van der Waals surface area contributed by atoms with Gasteiger partial charge in [-0.3, -0.25) is 14.5 Å². The standard InChI is InChI=1S/C26H17FN8OS/c1-35-13-16(8-33-35)20-6-18-21(11-29-20)34-25-24(18)23(19(27)10-31-25)14-2-4-15(5-3-14)26(36)32-12-22-30-9-17(7-28)37-22/h2-6,8-11,13H,12H2,1H3,(H,31,34)(H,32,36). The van der Waals surface area contributed by atoms with Crippen LogP contribution in [0, 0.1) is 17.1 Å². The molecule has 2 N–H and O–H groups in total. The number of amides is 1. The fourth-order valence-corrected chi connectivity index (χ4v) is 4.87. The first-order valence-electron chi connectivity index (χ1n) is 11.2. The lowest BCUT2D eigenvalue weighted by atomic mass is 9.99. The lowest BCUT2D eigenvalue weighted by Gasteiger charge is -2.08. The number of halogens is 1. The van der Waals surface area contributed by atoms with Crippen LogP contribution < -0.4 is 5.32 Å². The highest BCUT2D eigenvalue weighted by Gasteiger charge is 2.18. The molecule has 0 unspecified atom stereocenters. The highest BCUT2D eigenvalue weighted by Crippen LogP contribution is 2.36. The van der Waals surface area contributed by atoms with E-state index in [1.807, 2.05) is 25.4 Å². The largest absolute Gasteiger partial charge is 0.346 e. The number of nitrogens with one attached hydrogen (secondary N) is 2.